The van der Waals surface area contributed by atoms with E-state index in [0.717, 1.165) is 12.0 Å². The van der Waals surface area contributed by atoms with E-state index in [0.29, 0.717) is 33.1 Å². The molecule has 3 aromatic rings. The molecule has 1 amide bonds. The van der Waals surface area contributed by atoms with Crippen LogP contribution in [0.15, 0.2) is 42.5 Å². The number of nitrogens with one attached hydrogen (secondary N) is 1. The van der Waals surface area contributed by atoms with Crippen molar-refractivity contribution in [3.05, 3.63) is 63.4 Å². The highest BCUT2D eigenvalue weighted by Crippen LogP contribution is 2.27. The average molecular weight is 410 g/mol. The molecule has 134 valence electrons. The van der Waals surface area contributed by atoms with Gasteiger partial charge in [-0.05, 0) is 48.9 Å². The average Bonchev–Trinajstić information content (AvgIpc) is 3.08. The van der Waals surface area contributed by atoms with Crippen molar-refractivity contribution in [2.45, 2.75) is 13.3 Å². The molecule has 0 radical (unpaired) electrons. The summed E-state index contributed by atoms with van der Waals surface area (Å²) in [7, 11) is 0. The minimum atomic E-state index is -0.333. The molecule has 26 heavy (non-hydrogen) atoms. The number of aromatic nitrogens is 3. The van der Waals surface area contributed by atoms with Crippen molar-refractivity contribution in [3.63, 3.8) is 0 Å². The van der Waals surface area contributed by atoms with Gasteiger partial charge in [0.2, 0.25) is 5.82 Å². The van der Waals surface area contributed by atoms with E-state index < -0.39 is 0 Å². The predicted molar refractivity (Wildman–Crippen MR) is 104 cm³/mol. The van der Waals surface area contributed by atoms with Crippen LogP contribution in [0.4, 0.5) is 0 Å². The molecule has 0 saturated heterocycles. The van der Waals surface area contributed by atoms with Crippen molar-refractivity contribution in [3.8, 4) is 17.1 Å². The number of carbonyl (C=O) groups is 1. The molecule has 1 heterocycles. The van der Waals surface area contributed by atoms with Crippen molar-refractivity contribution >= 4 is 40.7 Å². The summed E-state index contributed by atoms with van der Waals surface area (Å²) in [5.74, 6) is 0.247. The van der Waals surface area contributed by atoms with E-state index in [9.17, 15) is 4.79 Å². The molecule has 2 aromatic carbocycles. The lowest BCUT2D eigenvalue weighted by Gasteiger charge is -2.07. The van der Waals surface area contributed by atoms with Gasteiger partial charge in [0.1, 0.15) is 0 Å². The van der Waals surface area contributed by atoms with Gasteiger partial charge < -0.3 is 5.32 Å². The number of rotatable bonds is 5. The molecule has 0 saturated carbocycles. The van der Waals surface area contributed by atoms with Gasteiger partial charge in [-0.1, -0.05) is 41.7 Å². The number of nitrogens with zero attached hydrogens (tertiary/aromatic N) is 3. The van der Waals surface area contributed by atoms with Crippen LogP contribution in [-0.2, 0) is 0 Å². The molecule has 0 atom stereocenters. The maximum atomic E-state index is 12.3. The number of halogens is 3. The second kappa shape index (κ2) is 8.08. The minimum Gasteiger partial charge on any atom is -0.349 e. The van der Waals surface area contributed by atoms with Gasteiger partial charge in [0.05, 0.1) is 15.7 Å². The fourth-order valence-corrected chi connectivity index (χ4v) is 2.73. The zero-order chi connectivity index (χ0) is 18.7. The number of amides is 1. The summed E-state index contributed by atoms with van der Waals surface area (Å²) in [6, 6.07) is 12.2. The minimum absolute atomic E-state index is 0.0782. The molecule has 0 bridgehead atoms. The molecule has 0 aliphatic heterocycles. The monoisotopic (exact) mass is 408 g/mol. The van der Waals surface area contributed by atoms with Gasteiger partial charge in [-0.3, -0.25) is 4.79 Å². The molecule has 0 aliphatic carbocycles. The number of hydrogen-bond acceptors (Lipinski definition) is 3. The van der Waals surface area contributed by atoms with Crippen LogP contribution < -0.4 is 5.32 Å². The standard InChI is InChI=1S/C18H15Cl3N4O/c1-2-9-22-18(26)16-23-17(11-3-5-12(19)6-4-11)25(24-16)13-7-8-14(20)15(21)10-13/h3-8,10H,2,9H2,1H3,(H,22,26). The lowest BCUT2D eigenvalue weighted by molar-refractivity contribution is 0.0943. The van der Waals surface area contributed by atoms with Gasteiger partial charge in [-0.2, -0.15) is 0 Å². The van der Waals surface area contributed by atoms with E-state index in [4.69, 9.17) is 34.8 Å². The van der Waals surface area contributed by atoms with Gasteiger partial charge in [0, 0.05) is 17.1 Å². The van der Waals surface area contributed by atoms with Crippen molar-refractivity contribution in [1.82, 2.24) is 20.1 Å². The Hall–Kier alpha value is -2.08. The third-order valence-corrected chi connectivity index (χ3v) is 4.59. The first-order valence-corrected chi connectivity index (χ1v) is 9.09. The Morgan fingerprint density at radius 3 is 2.46 bits per heavy atom. The fourth-order valence-electron chi connectivity index (χ4n) is 2.31. The largest absolute Gasteiger partial charge is 0.349 e. The molecule has 0 spiro atoms. The Balaban J connectivity index is 2.10. The molecular formula is C18H15Cl3N4O. The van der Waals surface area contributed by atoms with Crippen LogP contribution in [0.5, 0.6) is 0 Å². The van der Waals surface area contributed by atoms with Crippen LogP contribution in [0.1, 0.15) is 24.0 Å². The van der Waals surface area contributed by atoms with E-state index in [1.807, 2.05) is 19.1 Å². The molecule has 8 heteroatoms. The highest BCUT2D eigenvalue weighted by molar-refractivity contribution is 6.42. The van der Waals surface area contributed by atoms with Crippen LogP contribution in [0.25, 0.3) is 17.1 Å². The van der Waals surface area contributed by atoms with Crippen LogP contribution in [0.2, 0.25) is 15.1 Å². The normalized spacial score (nSPS) is 10.8. The predicted octanol–water partition coefficient (Wildman–Crippen LogP) is 5.03. The summed E-state index contributed by atoms with van der Waals surface area (Å²) in [5, 5.41) is 8.57. The Kier molecular flexibility index (Phi) is 5.81. The van der Waals surface area contributed by atoms with Gasteiger partial charge >= 0.3 is 0 Å². The van der Waals surface area contributed by atoms with E-state index in [1.165, 1.54) is 0 Å². The second-order valence-electron chi connectivity index (χ2n) is 5.53. The Morgan fingerprint density at radius 1 is 1.08 bits per heavy atom. The smallest absolute Gasteiger partial charge is 0.290 e. The number of benzene rings is 2. The van der Waals surface area contributed by atoms with Crippen LogP contribution in [0.3, 0.4) is 0 Å². The number of hydrogen-bond donors (Lipinski definition) is 1. The van der Waals surface area contributed by atoms with Gasteiger partial charge in [-0.25, -0.2) is 9.67 Å². The molecule has 0 unspecified atom stereocenters. The Bertz CT molecular complexity index is 938. The van der Waals surface area contributed by atoms with Gasteiger partial charge in [0.25, 0.3) is 5.91 Å². The van der Waals surface area contributed by atoms with Gasteiger partial charge in [-0.15, -0.1) is 5.10 Å². The molecule has 1 aromatic heterocycles. The Morgan fingerprint density at radius 2 is 1.81 bits per heavy atom. The SMILES string of the molecule is CCCNC(=O)c1nc(-c2ccc(Cl)cc2)n(-c2ccc(Cl)c(Cl)c2)n1. The van der Waals surface area contributed by atoms with E-state index >= 15 is 0 Å². The maximum absolute atomic E-state index is 12.3. The lowest BCUT2D eigenvalue weighted by atomic mass is 10.2. The van der Waals surface area contributed by atoms with Crippen molar-refractivity contribution < 1.29 is 4.79 Å². The summed E-state index contributed by atoms with van der Waals surface area (Å²) in [6.45, 7) is 2.53. The third kappa shape index (κ3) is 4.01. The summed E-state index contributed by atoms with van der Waals surface area (Å²) in [6.07, 6.45) is 0.823. The molecule has 0 fully saturated rings. The molecule has 3 rings (SSSR count). The highest BCUT2D eigenvalue weighted by Gasteiger charge is 2.19. The zero-order valence-electron chi connectivity index (χ0n) is 13.8. The number of carbonyl (C=O) groups excluding carboxylic acids is 1. The fraction of sp³-hybridized carbons (Fsp3) is 0.167. The van der Waals surface area contributed by atoms with Crippen molar-refractivity contribution in [2.24, 2.45) is 0 Å². The molecule has 0 aliphatic rings. The summed E-state index contributed by atoms with van der Waals surface area (Å²) >= 11 is 18.1. The zero-order valence-corrected chi connectivity index (χ0v) is 16.1. The maximum Gasteiger partial charge on any atom is 0.290 e. The van der Waals surface area contributed by atoms with E-state index in [2.05, 4.69) is 15.4 Å². The molecule has 1 N–H and O–H groups in total. The van der Waals surface area contributed by atoms with Crippen molar-refractivity contribution in [2.75, 3.05) is 6.54 Å². The Labute approximate surface area is 165 Å². The topological polar surface area (TPSA) is 59.8 Å². The third-order valence-electron chi connectivity index (χ3n) is 3.60. The van der Waals surface area contributed by atoms with Gasteiger partial charge in [0.15, 0.2) is 5.82 Å². The van der Waals surface area contributed by atoms with Crippen LogP contribution in [-0.4, -0.2) is 27.2 Å². The molecular weight excluding hydrogens is 395 g/mol. The summed E-state index contributed by atoms with van der Waals surface area (Å²) < 4.78 is 1.56. The van der Waals surface area contributed by atoms with E-state index in [1.54, 1.807) is 35.0 Å². The first-order valence-electron chi connectivity index (χ1n) is 7.96. The highest BCUT2D eigenvalue weighted by atomic mass is 35.5. The summed E-state index contributed by atoms with van der Waals surface area (Å²) in [5.41, 5.74) is 1.41. The quantitative estimate of drug-likeness (QED) is 0.642. The summed E-state index contributed by atoms with van der Waals surface area (Å²) in [4.78, 5) is 16.7. The van der Waals surface area contributed by atoms with E-state index in [-0.39, 0.29) is 11.7 Å². The first-order chi connectivity index (χ1) is 12.5. The van der Waals surface area contributed by atoms with Crippen LogP contribution in [0, 0.1) is 0 Å². The second-order valence-corrected chi connectivity index (χ2v) is 6.78. The van der Waals surface area contributed by atoms with Crippen molar-refractivity contribution in [1.29, 1.82) is 0 Å². The van der Waals surface area contributed by atoms with Crippen LogP contribution >= 0.6 is 34.8 Å². The first kappa shape index (κ1) is 18.7. The lowest BCUT2D eigenvalue weighted by Crippen LogP contribution is -2.25. The molecule has 5 nitrogen and oxygen atoms in total.